The summed E-state index contributed by atoms with van der Waals surface area (Å²) in [6.45, 7) is 5.21. The molecule has 2 aromatic rings. The molecule has 0 unspecified atom stereocenters. The average Bonchev–Trinajstić information content (AvgIpc) is 2.96. The van der Waals surface area contributed by atoms with Gasteiger partial charge in [-0.1, -0.05) is 6.92 Å². The highest BCUT2D eigenvalue weighted by atomic mass is 32.2. The van der Waals surface area contributed by atoms with Crippen molar-refractivity contribution in [1.29, 1.82) is 0 Å². The van der Waals surface area contributed by atoms with Gasteiger partial charge in [-0.2, -0.15) is 9.40 Å². The molecule has 3 rings (SSSR count). The summed E-state index contributed by atoms with van der Waals surface area (Å²) in [4.78, 5) is 4.17. The zero-order chi connectivity index (χ0) is 15.8. The number of aromatic nitrogens is 3. The van der Waals surface area contributed by atoms with Gasteiger partial charge < -0.3 is 0 Å². The molecule has 7 heteroatoms. The van der Waals surface area contributed by atoms with Crippen molar-refractivity contribution in [3.63, 3.8) is 0 Å². The normalized spacial score (nSPS) is 19.2. The molecule has 22 heavy (non-hydrogen) atoms. The molecule has 0 spiro atoms. The van der Waals surface area contributed by atoms with Gasteiger partial charge in [0.05, 0.1) is 6.20 Å². The van der Waals surface area contributed by atoms with E-state index in [1.807, 2.05) is 13.1 Å². The van der Waals surface area contributed by atoms with E-state index >= 15 is 0 Å². The van der Waals surface area contributed by atoms with Gasteiger partial charge in [-0.15, -0.1) is 0 Å². The van der Waals surface area contributed by atoms with Crippen LogP contribution in [0.3, 0.4) is 0 Å². The maximum Gasteiger partial charge on any atom is 0.244 e. The zero-order valence-corrected chi connectivity index (χ0v) is 13.6. The van der Waals surface area contributed by atoms with Gasteiger partial charge in [0.15, 0.2) is 0 Å². The first-order valence-electron chi connectivity index (χ1n) is 7.34. The first-order valence-corrected chi connectivity index (χ1v) is 8.78. The van der Waals surface area contributed by atoms with Crippen molar-refractivity contribution in [2.24, 2.45) is 0 Å². The molecule has 0 saturated carbocycles. The lowest BCUT2D eigenvalue weighted by molar-refractivity contribution is 0.244. The molecule has 2 aromatic heterocycles. The average molecular weight is 320 g/mol. The van der Waals surface area contributed by atoms with Crippen molar-refractivity contribution >= 4 is 10.0 Å². The third-order valence-corrected chi connectivity index (χ3v) is 6.41. The highest BCUT2D eigenvalue weighted by Crippen LogP contribution is 2.36. The van der Waals surface area contributed by atoms with E-state index in [1.165, 1.54) is 6.20 Å². The summed E-state index contributed by atoms with van der Waals surface area (Å²) in [6.07, 6.45) is 6.35. The summed E-state index contributed by atoms with van der Waals surface area (Å²) < 4.78 is 26.8. The number of hydrogen-bond donors (Lipinski definition) is 1. The topological polar surface area (TPSA) is 79.0 Å². The third kappa shape index (κ3) is 2.55. The van der Waals surface area contributed by atoms with Crippen molar-refractivity contribution < 1.29 is 8.42 Å². The van der Waals surface area contributed by atoms with Gasteiger partial charge in [-0.3, -0.25) is 10.1 Å². The number of piperidine rings is 1. The Morgan fingerprint density at radius 3 is 2.55 bits per heavy atom. The number of nitrogens with zero attached hydrogens (tertiary/aromatic N) is 3. The first-order chi connectivity index (χ1) is 10.4. The summed E-state index contributed by atoms with van der Waals surface area (Å²) in [5.74, 6) is 0. The summed E-state index contributed by atoms with van der Waals surface area (Å²) in [7, 11) is -3.45. The van der Waals surface area contributed by atoms with Gasteiger partial charge in [-0.05, 0) is 37.5 Å². The Morgan fingerprint density at radius 1 is 1.27 bits per heavy atom. The SMILES string of the molecule is Cc1cn[nH]c1C1(C)CCN(S(=O)(=O)c2cccnc2)CC1. The van der Waals surface area contributed by atoms with E-state index < -0.39 is 10.0 Å². The molecule has 1 fully saturated rings. The van der Waals surface area contributed by atoms with Gasteiger partial charge in [0.2, 0.25) is 10.0 Å². The minimum Gasteiger partial charge on any atom is -0.282 e. The Kier molecular flexibility index (Phi) is 3.78. The smallest absolute Gasteiger partial charge is 0.244 e. The van der Waals surface area contributed by atoms with Crippen LogP contribution in [0.2, 0.25) is 0 Å². The van der Waals surface area contributed by atoms with Crippen LogP contribution < -0.4 is 0 Å². The standard InChI is InChI=1S/C15H20N4O2S/c1-12-10-17-18-14(12)15(2)5-8-19(9-6-15)22(20,21)13-4-3-7-16-11-13/h3-4,7,10-11H,5-6,8-9H2,1-2H3,(H,17,18). The molecule has 0 radical (unpaired) electrons. The van der Waals surface area contributed by atoms with Crippen LogP contribution in [-0.2, 0) is 15.4 Å². The second-order valence-electron chi connectivity index (χ2n) is 6.08. The number of H-pyrrole nitrogens is 1. The number of rotatable bonds is 3. The lowest BCUT2D eigenvalue weighted by Gasteiger charge is -2.38. The van der Waals surface area contributed by atoms with Crippen LogP contribution in [0, 0.1) is 6.92 Å². The van der Waals surface area contributed by atoms with Crippen LogP contribution in [0.1, 0.15) is 31.0 Å². The minimum absolute atomic E-state index is 0.0540. The monoisotopic (exact) mass is 320 g/mol. The van der Waals surface area contributed by atoms with Crippen LogP contribution in [0.15, 0.2) is 35.6 Å². The predicted molar refractivity (Wildman–Crippen MR) is 82.9 cm³/mol. The number of pyridine rings is 1. The Balaban J connectivity index is 1.79. The molecule has 0 aromatic carbocycles. The lowest BCUT2D eigenvalue weighted by Crippen LogP contribution is -2.44. The Morgan fingerprint density at radius 2 is 2.00 bits per heavy atom. The molecular weight excluding hydrogens is 300 g/mol. The van der Waals surface area contributed by atoms with Gasteiger partial charge >= 0.3 is 0 Å². The Bertz CT molecular complexity index is 747. The van der Waals surface area contributed by atoms with Crippen molar-refractivity contribution in [3.05, 3.63) is 42.0 Å². The molecule has 1 saturated heterocycles. The van der Waals surface area contributed by atoms with Gasteiger partial charge in [0, 0.05) is 36.6 Å². The molecule has 0 atom stereocenters. The fourth-order valence-electron chi connectivity index (χ4n) is 3.08. The third-order valence-electron chi connectivity index (χ3n) is 4.53. The summed E-state index contributed by atoms with van der Waals surface area (Å²) in [6, 6.07) is 3.24. The molecule has 1 aliphatic heterocycles. The van der Waals surface area contributed by atoms with Gasteiger partial charge in [0.25, 0.3) is 0 Å². The van der Waals surface area contributed by atoms with E-state index in [0.717, 1.165) is 24.1 Å². The van der Waals surface area contributed by atoms with E-state index in [1.54, 1.807) is 22.6 Å². The van der Waals surface area contributed by atoms with E-state index in [-0.39, 0.29) is 10.3 Å². The highest BCUT2D eigenvalue weighted by Gasteiger charge is 2.38. The van der Waals surface area contributed by atoms with Crippen molar-refractivity contribution in [2.45, 2.75) is 37.0 Å². The van der Waals surface area contributed by atoms with Gasteiger partial charge in [0.1, 0.15) is 4.90 Å². The second-order valence-corrected chi connectivity index (χ2v) is 8.02. The van der Waals surface area contributed by atoms with Crippen molar-refractivity contribution in [1.82, 2.24) is 19.5 Å². The zero-order valence-electron chi connectivity index (χ0n) is 12.8. The predicted octanol–water partition coefficient (Wildman–Crippen LogP) is 1.86. The van der Waals surface area contributed by atoms with Gasteiger partial charge in [-0.25, -0.2) is 8.42 Å². The Labute approximate surface area is 130 Å². The molecule has 0 amide bonds. The number of aryl methyl sites for hydroxylation is 1. The van der Waals surface area contributed by atoms with E-state index in [0.29, 0.717) is 13.1 Å². The lowest BCUT2D eigenvalue weighted by atomic mass is 9.77. The van der Waals surface area contributed by atoms with Crippen molar-refractivity contribution in [2.75, 3.05) is 13.1 Å². The summed E-state index contributed by atoms with van der Waals surface area (Å²) in [5.41, 5.74) is 2.19. The molecule has 118 valence electrons. The molecule has 1 N–H and O–H groups in total. The quantitative estimate of drug-likeness (QED) is 0.936. The summed E-state index contributed by atoms with van der Waals surface area (Å²) >= 11 is 0. The fraction of sp³-hybridized carbons (Fsp3) is 0.467. The Hall–Kier alpha value is -1.73. The molecular formula is C15H20N4O2S. The van der Waals surface area contributed by atoms with Crippen LogP contribution in [0.5, 0.6) is 0 Å². The molecule has 3 heterocycles. The van der Waals surface area contributed by atoms with Crippen LogP contribution >= 0.6 is 0 Å². The van der Waals surface area contributed by atoms with E-state index in [4.69, 9.17) is 0 Å². The maximum absolute atomic E-state index is 12.6. The highest BCUT2D eigenvalue weighted by molar-refractivity contribution is 7.89. The molecule has 0 aliphatic carbocycles. The van der Waals surface area contributed by atoms with Crippen LogP contribution in [0.4, 0.5) is 0 Å². The minimum atomic E-state index is -3.45. The van der Waals surface area contributed by atoms with E-state index in [9.17, 15) is 8.42 Å². The van der Waals surface area contributed by atoms with E-state index in [2.05, 4.69) is 22.1 Å². The number of nitrogens with one attached hydrogen (secondary N) is 1. The molecule has 6 nitrogen and oxygen atoms in total. The number of sulfonamides is 1. The molecule has 1 aliphatic rings. The summed E-state index contributed by atoms with van der Waals surface area (Å²) in [5, 5.41) is 7.17. The first kappa shape index (κ1) is 15.2. The van der Waals surface area contributed by atoms with Crippen LogP contribution in [0.25, 0.3) is 0 Å². The maximum atomic E-state index is 12.6. The number of hydrogen-bond acceptors (Lipinski definition) is 4. The fourth-order valence-corrected chi connectivity index (χ4v) is 4.48. The molecule has 0 bridgehead atoms. The number of aromatic amines is 1. The largest absolute Gasteiger partial charge is 0.282 e. The van der Waals surface area contributed by atoms with Crippen molar-refractivity contribution in [3.8, 4) is 0 Å². The second kappa shape index (κ2) is 5.48. The van der Waals surface area contributed by atoms with Crippen LogP contribution in [-0.4, -0.2) is 41.0 Å².